The molecule has 3 aliphatic heterocycles. The van der Waals surface area contributed by atoms with Gasteiger partial charge in [0.15, 0.2) is 12.6 Å². The van der Waals surface area contributed by atoms with Gasteiger partial charge in [-0.15, -0.1) is 0 Å². The van der Waals surface area contributed by atoms with Crippen LogP contribution >= 0.6 is 0 Å². The lowest BCUT2D eigenvalue weighted by molar-refractivity contribution is -0.340. The van der Waals surface area contributed by atoms with Crippen molar-refractivity contribution in [2.45, 2.75) is 73.8 Å². The van der Waals surface area contributed by atoms with Gasteiger partial charge in [-0.1, -0.05) is 6.08 Å². The highest BCUT2D eigenvalue weighted by molar-refractivity contribution is 5.25. The second-order valence-corrected chi connectivity index (χ2v) is 9.01. The van der Waals surface area contributed by atoms with Crippen LogP contribution in [0.1, 0.15) is 0 Å². The smallest absolute Gasteiger partial charge is 0.209 e. The Balaban J connectivity index is 1.45. The first-order valence-corrected chi connectivity index (χ1v) is 11.3. The predicted molar refractivity (Wildman–Crippen MR) is 110 cm³/mol. The van der Waals surface area contributed by atoms with E-state index in [4.69, 9.17) is 23.7 Å². The molecule has 3 heterocycles. The molecule has 200 valence electrons. The highest BCUT2D eigenvalue weighted by atomic mass is 16.8. The standard InChI is InChI=1S/C21H32O14/c22-4-10-13(25)15(27)17(29)20(33-10)32-6-7-3-9(24)8-1-2-31-19(12(7)8)35-21-18(30)16(28)14(26)11(5-23)34-21/h1-3,8-30H,4-6H2. The molecule has 0 spiro atoms. The van der Waals surface area contributed by atoms with E-state index in [2.05, 4.69) is 0 Å². The largest absolute Gasteiger partial charge is 0.472 e. The van der Waals surface area contributed by atoms with Crippen LogP contribution in [0.15, 0.2) is 24.0 Å². The summed E-state index contributed by atoms with van der Waals surface area (Å²) in [6.45, 7) is -1.49. The van der Waals surface area contributed by atoms with Crippen LogP contribution in [-0.4, -0.2) is 140 Å². The SMILES string of the molecule is OCC1OC(OCC2=CC(O)C3C=COC(OC4OC(CO)C(O)C(O)C4O)C23)C(O)C(O)C1O. The van der Waals surface area contributed by atoms with Gasteiger partial charge in [0, 0.05) is 5.92 Å². The topological polar surface area (TPSA) is 228 Å². The van der Waals surface area contributed by atoms with Crippen molar-refractivity contribution < 1.29 is 69.6 Å². The van der Waals surface area contributed by atoms with E-state index in [9.17, 15) is 46.0 Å². The van der Waals surface area contributed by atoms with E-state index in [1.807, 2.05) is 0 Å². The van der Waals surface area contributed by atoms with E-state index in [1.54, 1.807) is 6.08 Å². The summed E-state index contributed by atoms with van der Waals surface area (Å²) in [6.07, 6.45) is -12.6. The zero-order valence-corrected chi connectivity index (χ0v) is 18.5. The number of rotatable bonds is 7. The Kier molecular flexibility index (Phi) is 8.44. The van der Waals surface area contributed by atoms with Gasteiger partial charge in [0.25, 0.3) is 0 Å². The van der Waals surface area contributed by atoms with Crippen LogP contribution in [0.3, 0.4) is 0 Å². The molecule has 14 heteroatoms. The zero-order chi connectivity index (χ0) is 25.4. The molecule has 0 aromatic carbocycles. The van der Waals surface area contributed by atoms with Crippen molar-refractivity contribution in [2.75, 3.05) is 19.8 Å². The van der Waals surface area contributed by atoms with Gasteiger partial charge in [-0.25, -0.2) is 0 Å². The van der Waals surface area contributed by atoms with Crippen LogP contribution in [0.25, 0.3) is 0 Å². The van der Waals surface area contributed by atoms with Gasteiger partial charge in [-0.05, 0) is 11.6 Å². The number of fused-ring (bicyclic) bond motifs is 1. The Bertz CT molecular complexity index is 773. The second-order valence-electron chi connectivity index (χ2n) is 9.01. The van der Waals surface area contributed by atoms with Gasteiger partial charge in [0.1, 0.15) is 48.8 Å². The summed E-state index contributed by atoms with van der Waals surface area (Å²) in [5, 5.41) is 89.6. The molecule has 0 aromatic heterocycles. The molecule has 35 heavy (non-hydrogen) atoms. The van der Waals surface area contributed by atoms with Gasteiger partial charge in [-0.3, -0.25) is 0 Å². The van der Waals surface area contributed by atoms with Crippen LogP contribution in [0.2, 0.25) is 0 Å². The summed E-state index contributed by atoms with van der Waals surface area (Å²) in [7, 11) is 0. The van der Waals surface area contributed by atoms with Crippen LogP contribution in [0, 0.1) is 11.8 Å². The Labute approximate surface area is 199 Å². The van der Waals surface area contributed by atoms with Crippen LogP contribution in [0.4, 0.5) is 0 Å². The zero-order valence-electron chi connectivity index (χ0n) is 18.5. The fraction of sp³-hybridized carbons (Fsp3) is 0.810. The number of aliphatic hydroxyl groups excluding tert-OH is 9. The lowest BCUT2D eigenvalue weighted by Crippen LogP contribution is -2.60. The summed E-state index contributed by atoms with van der Waals surface area (Å²) in [6, 6.07) is 0. The highest BCUT2D eigenvalue weighted by Crippen LogP contribution is 2.41. The predicted octanol–water partition coefficient (Wildman–Crippen LogP) is -4.98. The van der Waals surface area contributed by atoms with Crippen molar-refractivity contribution in [3.8, 4) is 0 Å². The van der Waals surface area contributed by atoms with Crippen molar-refractivity contribution in [3.05, 3.63) is 24.0 Å². The minimum absolute atomic E-state index is 0.230. The third-order valence-corrected chi connectivity index (χ3v) is 6.81. The molecule has 2 fully saturated rings. The van der Waals surface area contributed by atoms with Gasteiger partial charge in [0.2, 0.25) is 6.29 Å². The molecule has 4 rings (SSSR count). The van der Waals surface area contributed by atoms with Gasteiger partial charge in [0.05, 0.1) is 38.1 Å². The van der Waals surface area contributed by atoms with E-state index in [0.29, 0.717) is 5.57 Å². The summed E-state index contributed by atoms with van der Waals surface area (Å²) in [5.41, 5.74) is 0.457. The molecule has 0 saturated carbocycles. The number of ether oxygens (including phenoxy) is 5. The van der Waals surface area contributed by atoms with E-state index < -0.39 is 98.9 Å². The van der Waals surface area contributed by atoms with Crippen molar-refractivity contribution in [1.82, 2.24) is 0 Å². The molecule has 2 saturated heterocycles. The van der Waals surface area contributed by atoms with E-state index in [0.717, 1.165) is 0 Å². The Morgan fingerprint density at radius 2 is 1.29 bits per heavy atom. The first kappa shape index (κ1) is 26.8. The maximum atomic E-state index is 10.5. The summed E-state index contributed by atoms with van der Waals surface area (Å²) in [4.78, 5) is 0. The first-order valence-electron chi connectivity index (χ1n) is 11.3. The molecule has 14 nitrogen and oxygen atoms in total. The molecule has 4 aliphatic rings. The third-order valence-electron chi connectivity index (χ3n) is 6.81. The minimum atomic E-state index is -1.66. The van der Waals surface area contributed by atoms with Gasteiger partial charge >= 0.3 is 0 Å². The normalized spacial score (nSPS) is 49.9. The lowest BCUT2D eigenvalue weighted by Gasteiger charge is -2.42. The van der Waals surface area contributed by atoms with Gasteiger partial charge in [-0.2, -0.15) is 0 Å². The monoisotopic (exact) mass is 508 g/mol. The Morgan fingerprint density at radius 1 is 0.714 bits per heavy atom. The first-order chi connectivity index (χ1) is 16.7. The van der Waals surface area contributed by atoms with Crippen LogP contribution in [-0.2, 0) is 23.7 Å². The average molecular weight is 508 g/mol. The van der Waals surface area contributed by atoms with Crippen LogP contribution in [0.5, 0.6) is 0 Å². The summed E-state index contributed by atoms with van der Waals surface area (Å²) in [5.74, 6) is -1.20. The summed E-state index contributed by atoms with van der Waals surface area (Å²) >= 11 is 0. The van der Waals surface area contributed by atoms with Crippen molar-refractivity contribution >= 4 is 0 Å². The fourth-order valence-electron chi connectivity index (χ4n) is 4.75. The third kappa shape index (κ3) is 5.13. The summed E-state index contributed by atoms with van der Waals surface area (Å²) < 4.78 is 27.6. The van der Waals surface area contributed by atoms with E-state index >= 15 is 0 Å². The molecule has 14 atom stereocenters. The van der Waals surface area contributed by atoms with Gasteiger partial charge < -0.3 is 69.6 Å². The number of aliphatic hydroxyl groups is 9. The number of hydrogen-bond acceptors (Lipinski definition) is 14. The van der Waals surface area contributed by atoms with Crippen LogP contribution < -0.4 is 0 Å². The highest BCUT2D eigenvalue weighted by Gasteiger charge is 2.50. The van der Waals surface area contributed by atoms with Crippen molar-refractivity contribution in [1.29, 1.82) is 0 Å². The second kappa shape index (κ2) is 11.0. The molecule has 0 amide bonds. The minimum Gasteiger partial charge on any atom is -0.472 e. The fourth-order valence-corrected chi connectivity index (χ4v) is 4.75. The quantitative estimate of drug-likeness (QED) is 0.147. The average Bonchev–Trinajstić information content (AvgIpc) is 3.18. The van der Waals surface area contributed by atoms with E-state index in [1.165, 1.54) is 12.3 Å². The van der Waals surface area contributed by atoms with Crippen molar-refractivity contribution in [2.24, 2.45) is 11.8 Å². The molecule has 0 radical (unpaired) electrons. The maximum absolute atomic E-state index is 10.5. The van der Waals surface area contributed by atoms with Crippen molar-refractivity contribution in [3.63, 3.8) is 0 Å². The molecular weight excluding hydrogens is 476 g/mol. The molecule has 0 bridgehead atoms. The van der Waals surface area contributed by atoms with E-state index in [-0.39, 0.29) is 6.61 Å². The molecular formula is C21H32O14. The maximum Gasteiger partial charge on any atom is 0.209 e. The Morgan fingerprint density at radius 3 is 1.89 bits per heavy atom. The number of hydrogen-bond donors (Lipinski definition) is 9. The lowest BCUT2D eigenvalue weighted by atomic mass is 9.88. The molecule has 14 unspecified atom stereocenters. The molecule has 1 aliphatic carbocycles. The molecule has 0 aromatic rings. The molecule has 9 N–H and O–H groups in total. The Hall–Kier alpha value is -1.24.